The summed E-state index contributed by atoms with van der Waals surface area (Å²) in [6, 6.07) is 18.2. The molecule has 3 rings (SSSR count). The van der Waals surface area contributed by atoms with E-state index in [1.54, 1.807) is 37.3 Å². The highest BCUT2D eigenvalue weighted by molar-refractivity contribution is 5.76. The molecule has 0 saturated heterocycles. The van der Waals surface area contributed by atoms with E-state index in [0.717, 1.165) is 11.1 Å². The first-order chi connectivity index (χ1) is 11.9. The Labute approximate surface area is 143 Å². The predicted octanol–water partition coefficient (Wildman–Crippen LogP) is 5.84. The Bertz CT molecular complexity index is 865. The van der Waals surface area contributed by atoms with Crippen LogP contribution in [0.5, 0.6) is 0 Å². The number of hydrogen-bond donors (Lipinski definition) is 0. The number of benzene rings is 2. The number of allylic oxidation sites excluding steroid dienone is 1. The van der Waals surface area contributed by atoms with Gasteiger partial charge in [-0.25, -0.2) is 4.98 Å². The smallest absolute Gasteiger partial charge is 0.432 e. The molecule has 0 bridgehead atoms. The monoisotopic (exact) mass is 343 g/mol. The average Bonchev–Trinajstić information content (AvgIpc) is 3.01. The van der Waals surface area contributed by atoms with Crippen molar-refractivity contribution in [3.8, 4) is 0 Å². The largest absolute Gasteiger partial charge is 0.451 e. The first kappa shape index (κ1) is 17.0. The van der Waals surface area contributed by atoms with Crippen molar-refractivity contribution >= 4 is 11.6 Å². The molecule has 0 N–H and O–H groups in total. The molecule has 0 spiro atoms. The minimum absolute atomic E-state index is 0.0119. The highest BCUT2D eigenvalue weighted by Crippen LogP contribution is 2.35. The second kappa shape index (κ2) is 6.97. The van der Waals surface area contributed by atoms with Crippen LogP contribution in [0.4, 0.5) is 13.2 Å². The lowest BCUT2D eigenvalue weighted by atomic mass is 10.1. The van der Waals surface area contributed by atoms with E-state index >= 15 is 0 Å². The number of nitrogens with zero attached hydrogens (tertiary/aromatic N) is 1. The lowest BCUT2D eigenvalue weighted by Crippen LogP contribution is -2.07. The van der Waals surface area contributed by atoms with Gasteiger partial charge < -0.3 is 4.42 Å². The van der Waals surface area contributed by atoms with E-state index in [1.165, 1.54) is 0 Å². The summed E-state index contributed by atoms with van der Waals surface area (Å²) in [5.41, 5.74) is 2.06. The number of alkyl halides is 3. The van der Waals surface area contributed by atoms with Crippen LogP contribution >= 0.6 is 0 Å². The van der Waals surface area contributed by atoms with Crippen molar-refractivity contribution in [3.05, 3.63) is 89.1 Å². The lowest BCUT2D eigenvalue weighted by Gasteiger charge is -2.04. The quantitative estimate of drug-likeness (QED) is 0.594. The molecule has 2 aromatic carbocycles. The number of rotatable bonds is 4. The number of oxazole rings is 1. The topological polar surface area (TPSA) is 26.0 Å². The molecule has 0 aliphatic heterocycles. The molecule has 0 aliphatic rings. The fourth-order valence-electron chi connectivity index (χ4n) is 2.51. The number of halogens is 3. The van der Waals surface area contributed by atoms with Gasteiger partial charge in [0.25, 0.3) is 0 Å². The van der Waals surface area contributed by atoms with Gasteiger partial charge in [-0.15, -0.1) is 0 Å². The van der Waals surface area contributed by atoms with Crippen molar-refractivity contribution in [1.82, 2.24) is 4.98 Å². The summed E-state index contributed by atoms with van der Waals surface area (Å²) < 4.78 is 45.0. The van der Waals surface area contributed by atoms with Crippen LogP contribution in [-0.2, 0) is 12.6 Å². The zero-order valence-corrected chi connectivity index (χ0v) is 13.5. The molecular formula is C20H16F3NO. The zero-order chi connectivity index (χ0) is 17.9. The summed E-state index contributed by atoms with van der Waals surface area (Å²) in [5.74, 6) is -1.05. The summed E-state index contributed by atoms with van der Waals surface area (Å²) in [6.45, 7) is 1.69. The van der Waals surface area contributed by atoms with Crippen molar-refractivity contribution < 1.29 is 17.6 Å². The number of aromatic nitrogens is 1. The van der Waals surface area contributed by atoms with Crippen LogP contribution in [0.25, 0.3) is 11.6 Å². The van der Waals surface area contributed by atoms with E-state index in [4.69, 9.17) is 4.42 Å². The highest BCUT2D eigenvalue weighted by atomic mass is 19.4. The Morgan fingerprint density at radius 1 is 1.00 bits per heavy atom. The van der Waals surface area contributed by atoms with Crippen molar-refractivity contribution in [1.29, 1.82) is 0 Å². The van der Waals surface area contributed by atoms with E-state index in [2.05, 4.69) is 4.98 Å². The van der Waals surface area contributed by atoms with Crippen LogP contribution < -0.4 is 0 Å². The van der Waals surface area contributed by atoms with Gasteiger partial charge in [0.05, 0.1) is 5.69 Å². The molecular weight excluding hydrogens is 327 g/mol. The molecule has 0 radical (unpaired) electrons. The molecule has 0 aliphatic carbocycles. The van der Waals surface area contributed by atoms with Gasteiger partial charge in [-0.05, 0) is 24.1 Å². The van der Waals surface area contributed by atoms with Crippen LogP contribution in [0, 0.1) is 0 Å². The molecule has 3 aromatic rings. The molecule has 0 saturated carbocycles. The maximum absolute atomic E-state index is 13.3. The standard InChI is InChI=1S/C20H16F3NO/c1-14(12-15-8-4-2-5-9-15)19-24-17(18(25-19)20(21,22)23)13-16-10-6-3-7-11-16/h2-12H,13H2,1H3/b14-12-. The molecule has 0 unspecified atom stereocenters. The third-order valence-corrected chi connectivity index (χ3v) is 3.69. The molecule has 1 heterocycles. The maximum Gasteiger partial charge on any atom is 0.451 e. The molecule has 1 aromatic heterocycles. The first-order valence-electron chi connectivity index (χ1n) is 7.78. The summed E-state index contributed by atoms with van der Waals surface area (Å²) in [6.07, 6.45) is -2.77. The molecule has 0 amide bonds. The summed E-state index contributed by atoms with van der Waals surface area (Å²) in [7, 11) is 0. The average molecular weight is 343 g/mol. The summed E-state index contributed by atoms with van der Waals surface area (Å²) >= 11 is 0. The molecule has 0 atom stereocenters. The molecule has 0 fully saturated rings. The van der Waals surface area contributed by atoms with Gasteiger partial charge in [-0.3, -0.25) is 0 Å². The molecule has 5 heteroatoms. The second-order valence-electron chi connectivity index (χ2n) is 5.69. The van der Waals surface area contributed by atoms with Gasteiger partial charge in [0.15, 0.2) is 0 Å². The molecule has 128 valence electrons. The van der Waals surface area contributed by atoms with Crippen LogP contribution in [-0.4, -0.2) is 4.98 Å². The third-order valence-electron chi connectivity index (χ3n) is 3.69. The Kier molecular flexibility index (Phi) is 4.74. The SMILES string of the molecule is C/C(=C/c1ccccc1)c1nc(Cc2ccccc2)c(C(F)(F)F)o1. The normalized spacial score (nSPS) is 12.4. The van der Waals surface area contributed by atoms with Crippen molar-refractivity contribution in [2.24, 2.45) is 0 Å². The highest BCUT2D eigenvalue weighted by Gasteiger charge is 2.39. The van der Waals surface area contributed by atoms with Gasteiger partial charge in [-0.2, -0.15) is 13.2 Å². The lowest BCUT2D eigenvalue weighted by molar-refractivity contribution is -0.153. The second-order valence-corrected chi connectivity index (χ2v) is 5.69. The minimum Gasteiger partial charge on any atom is -0.432 e. The Balaban J connectivity index is 1.97. The van der Waals surface area contributed by atoms with Crippen LogP contribution in [0.3, 0.4) is 0 Å². The third kappa shape index (κ3) is 4.18. The van der Waals surface area contributed by atoms with Crippen LogP contribution in [0.2, 0.25) is 0 Å². The summed E-state index contributed by atoms with van der Waals surface area (Å²) in [5, 5.41) is 0. The van der Waals surface area contributed by atoms with Crippen molar-refractivity contribution in [3.63, 3.8) is 0 Å². The zero-order valence-electron chi connectivity index (χ0n) is 13.5. The van der Waals surface area contributed by atoms with Gasteiger partial charge in [0.2, 0.25) is 11.7 Å². The van der Waals surface area contributed by atoms with E-state index < -0.39 is 11.9 Å². The van der Waals surface area contributed by atoms with E-state index in [0.29, 0.717) is 5.57 Å². The van der Waals surface area contributed by atoms with Crippen molar-refractivity contribution in [2.75, 3.05) is 0 Å². The van der Waals surface area contributed by atoms with Gasteiger partial charge >= 0.3 is 6.18 Å². The first-order valence-corrected chi connectivity index (χ1v) is 7.78. The van der Waals surface area contributed by atoms with Gasteiger partial charge in [0.1, 0.15) is 0 Å². The summed E-state index contributed by atoms with van der Waals surface area (Å²) in [4.78, 5) is 4.11. The Hall–Kier alpha value is -2.82. The van der Waals surface area contributed by atoms with E-state index in [-0.39, 0.29) is 18.0 Å². The van der Waals surface area contributed by atoms with E-state index in [1.807, 2.05) is 36.4 Å². The van der Waals surface area contributed by atoms with Crippen LogP contribution in [0.1, 0.15) is 35.4 Å². The Morgan fingerprint density at radius 3 is 2.20 bits per heavy atom. The van der Waals surface area contributed by atoms with Crippen molar-refractivity contribution in [2.45, 2.75) is 19.5 Å². The molecule has 2 nitrogen and oxygen atoms in total. The fraction of sp³-hybridized carbons (Fsp3) is 0.150. The number of hydrogen-bond acceptors (Lipinski definition) is 2. The predicted molar refractivity (Wildman–Crippen MR) is 90.7 cm³/mol. The molecule has 25 heavy (non-hydrogen) atoms. The van der Waals surface area contributed by atoms with Gasteiger partial charge in [-0.1, -0.05) is 60.7 Å². The maximum atomic E-state index is 13.3. The van der Waals surface area contributed by atoms with Crippen LogP contribution in [0.15, 0.2) is 65.1 Å². The minimum atomic E-state index is -4.58. The fourth-order valence-corrected chi connectivity index (χ4v) is 2.51. The van der Waals surface area contributed by atoms with E-state index in [9.17, 15) is 13.2 Å². The Morgan fingerprint density at radius 2 is 1.60 bits per heavy atom. The van der Waals surface area contributed by atoms with Gasteiger partial charge in [0, 0.05) is 12.0 Å².